The number of carbonyl (C=O) groups is 2. The van der Waals surface area contributed by atoms with Gasteiger partial charge in [0.25, 0.3) is 11.7 Å². The Kier molecular flexibility index (Phi) is 7.49. The van der Waals surface area contributed by atoms with Crippen molar-refractivity contribution in [2.24, 2.45) is 0 Å². The number of likely N-dealkylation sites (tertiary alicyclic amines) is 1. The lowest BCUT2D eigenvalue weighted by molar-refractivity contribution is -0.140. The number of ether oxygens (including phenoxy) is 2. The van der Waals surface area contributed by atoms with E-state index in [9.17, 15) is 14.7 Å². The number of halogens is 1. The SMILES string of the molecule is CCCOc1cccc(/C(O)=C2\C(=O)C(=O)N(CCOC)C2c2ccc(I)cc2)c1. The van der Waals surface area contributed by atoms with Gasteiger partial charge in [-0.2, -0.15) is 0 Å². The third kappa shape index (κ3) is 4.67. The van der Waals surface area contributed by atoms with Gasteiger partial charge in [-0.25, -0.2) is 0 Å². The van der Waals surface area contributed by atoms with E-state index in [-0.39, 0.29) is 24.5 Å². The van der Waals surface area contributed by atoms with Crippen molar-refractivity contribution in [1.29, 1.82) is 0 Å². The van der Waals surface area contributed by atoms with Crippen molar-refractivity contribution < 1.29 is 24.2 Å². The molecule has 0 aromatic heterocycles. The minimum absolute atomic E-state index is 0.0740. The van der Waals surface area contributed by atoms with E-state index in [2.05, 4.69) is 22.6 Å². The number of rotatable bonds is 8. The molecule has 6 nitrogen and oxygen atoms in total. The maximum absolute atomic E-state index is 12.9. The van der Waals surface area contributed by atoms with Gasteiger partial charge in [0.1, 0.15) is 11.5 Å². The molecule has 1 atom stereocenters. The van der Waals surface area contributed by atoms with Crippen molar-refractivity contribution in [2.45, 2.75) is 19.4 Å². The molecule has 0 spiro atoms. The van der Waals surface area contributed by atoms with Crippen molar-refractivity contribution >= 4 is 40.0 Å². The molecule has 1 aliphatic rings. The maximum Gasteiger partial charge on any atom is 0.295 e. The third-order valence-corrected chi connectivity index (χ3v) is 5.56. The molecule has 3 rings (SSSR count). The highest BCUT2D eigenvalue weighted by Gasteiger charge is 2.45. The van der Waals surface area contributed by atoms with Crippen LogP contribution in [0.15, 0.2) is 54.1 Å². The molecule has 30 heavy (non-hydrogen) atoms. The fourth-order valence-corrected chi connectivity index (χ4v) is 3.76. The molecule has 1 fully saturated rings. The van der Waals surface area contributed by atoms with E-state index < -0.39 is 17.7 Å². The lowest BCUT2D eigenvalue weighted by atomic mass is 9.95. The van der Waals surface area contributed by atoms with Gasteiger partial charge in [0.05, 0.1) is 24.8 Å². The topological polar surface area (TPSA) is 76.1 Å². The number of hydrogen-bond donors (Lipinski definition) is 1. The summed E-state index contributed by atoms with van der Waals surface area (Å²) in [5.74, 6) is -0.957. The number of nitrogens with zero attached hydrogens (tertiary/aromatic N) is 1. The zero-order valence-electron chi connectivity index (χ0n) is 16.9. The molecular weight excluding hydrogens is 497 g/mol. The zero-order valence-corrected chi connectivity index (χ0v) is 19.1. The number of Topliss-reactive ketones (excluding diaryl/α,β-unsaturated/α-hetero) is 1. The summed E-state index contributed by atoms with van der Waals surface area (Å²) in [6.45, 7) is 3.09. The second-order valence-corrected chi connectivity index (χ2v) is 8.16. The standard InChI is InChI=1S/C23H24INO5/c1-3-12-30-18-6-4-5-16(14-18)21(26)19-20(15-7-9-17(24)10-8-15)25(11-13-29-2)23(28)22(19)27/h4-10,14,20,26H,3,11-13H2,1-2H3/b21-19+. The van der Waals surface area contributed by atoms with Crippen molar-refractivity contribution in [1.82, 2.24) is 4.90 Å². The minimum atomic E-state index is -0.702. The summed E-state index contributed by atoms with van der Waals surface area (Å²) >= 11 is 2.20. The van der Waals surface area contributed by atoms with E-state index in [1.54, 1.807) is 24.3 Å². The number of amides is 1. The summed E-state index contributed by atoms with van der Waals surface area (Å²) in [4.78, 5) is 27.1. The molecule has 1 N–H and O–H groups in total. The molecular formula is C23H24INO5. The van der Waals surface area contributed by atoms with Crippen molar-refractivity contribution in [3.8, 4) is 5.75 Å². The van der Waals surface area contributed by atoms with Crippen LogP contribution in [0.2, 0.25) is 0 Å². The summed E-state index contributed by atoms with van der Waals surface area (Å²) in [6.07, 6.45) is 0.855. The van der Waals surface area contributed by atoms with Gasteiger partial charge in [0.2, 0.25) is 0 Å². The van der Waals surface area contributed by atoms with Gasteiger partial charge in [0, 0.05) is 22.8 Å². The fraction of sp³-hybridized carbons (Fsp3) is 0.304. The van der Waals surface area contributed by atoms with Crippen molar-refractivity contribution in [3.63, 3.8) is 0 Å². The first-order valence-electron chi connectivity index (χ1n) is 9.74. The van der Waals surface area contributed by atoms with Gasteiger partial charge < -0.3 is 19.5 Å². The Morgan fingerprint density at radius 2 is 1.87 bits per heavy atom. The highest BCUT2D eigenvalue weighted by molar-refractivity contribution is 14.1. The molecule has 2 aromatic carbocycles. The van der Waals surface area contributed by atoms with Crippen LogP contribution in [0.1, 0.15) is 30.5 Å². The number of methoxy groups -OCH3 is 1. The van der Waals surface area contributed by atoms with E-state index in [4.69, 9.17) is 9.47 Å². The molecule has 0 aliphatic carbocycles. The van der Waals surface area contributed by atoms with Crippen LogP contribution in [0.25, 0.3) is 5.76 Å². The van der Waals surface area contributed by atoms with Gasteiger partial charge in [-0.15, -0.1) is 0 Å². The molecule has 1 heterocycles. The average molecular weight is 521 g/mol. The number of carbonyl (C=O) groups excluding carboxylic acids is 2. The zero-order chi connectivity index (χ0) is 21.7. The maximum atomic E-state index is 12.9. The van der Waals surface area contributed by atoms with Gasteiger partial charge >= 0.3 is 0 Å². The minimum Gasteiger partial charge on any atom is -0.507 e. The molecule has 0 saturated carbocycles. The van der Waals surface area contributed by atoms with E-state index in [1.807, 2.05) is 31.2 Å². The van der Waals surface area contributed by atoms with Crippen LogP contribution in [0.3, 0.4) is 0 Å². The number of benzene rings is 2. The van der Waals surface area contributed by atoms with E-state index in [1.165, 1.54) is 12.0 Å². The molecule has 2 aromatic rings. The molecule has 1 saturated heterocycles. The second-order valence-electron chi connectivity index (χ2n) is 6.91. The summed E-state index contributed by atoms with van der Waals surface area (Å²) in [6, 6.07) is 13.8. The first kappa shape index (κ1) is 22.3. The quantitative estimate of drug-likeness (QED) is 0.245. The van der Waals surface area contributed by atoms with E-state index in [0.717, 1.165) is 15.6 Å². The van der Waals surface area contributed by atoms with Gasteiger partial charge in [-0.1, -0.05) is 31.2 Å². The fourth-order valence-electron chi connectivity index (χ4n) is 3.40. The monoisotopic (exact) mass is 521 g/mol. The molecule has 158 valence electrons. The Balaban J connectivity index is 2.10. The summed E-state index contributed by atoms with van der Waals surface area (Å²) in [5, 5.41) is 11.1. The largest absolute Gasteiger partial charge is 0.507 e. The van der Waals surface area contributed by atoms with Crippen LogP contribution in [0, 0.1) is 3.57 Å². The van der Waals surface area contributed by atoms with Gasteiger partial charge in [-0.05, 0) is 58.8 Å². The van der Waals surface area contributed by atoms with Crippen LogP contribution in [-0.4, -0.2) is 48.6 Å². The Morgan fingerprint density at radius 1 is 1.13 bits per heavy atom. The molecule has 1 amide bonds. The summed E-state index contributed by atoms with van der Waals surface area (Å²) < 4.78 is 11.8. The average Bonchev–Trinajstić information content (AvgIpc) is 3.01. The van der Waals surface area contributed by atoms with Crippen molar-refractivity contribution in [2.75, 3.05) is 26.9 Å². The number of aliphatic hydroxyl groups is 1. The second kappa shape index (κ2) is 10.1. The molecule has 7 heteroatoms. The lowest BCUT2D eigenvalue weighted by Gasteiger charge is -2.25. The van der Waals surface area contributed by atoms with Crippen molar-refractivity contribution in [3.05, 3.63) is 68.8 Å². The summed E-state index contributed by atoms with van der Waals surface area (Å²) in [5.41, 5.74) is 1.26. The molecule has 0 radical (unpaired) electrons. The van der Waals surface area contributed by atoms with E-state index in [0.29, 0.717) is 17.9 Å². The van der Waals surface area contributed by atoms with Crippen LogP contribution >= 0.6 is 22.6 Å². The Morgan fingerprint density at radius 3 is 2.53 bits per heavy atom. The number of ketones is 1. The van der Waals surface area contributed by atoms with E-state index >= 15 is 0 Å². The van der Waals surface area contributed by atoms with Crippen LogP contribution in [-0.2, 0) is 14.3 Å². The first-order valence-corrected chi connectivity index (χ1v) is 10.8. The first-order chi connectivity index (χ1) is 14.5. The van der Waals surface area contributed by atoms with Gasteiger partial charge in [0.15, 0.2) is 0 Å². The summed E-state index contributed by atoms with van der Waals surface area (Å²) in [7, 11) is 1.54. The molecule has 1 aliphatic heterocycles. The number of aliphatic hydroxyl groups excluding tert-OH is 1. The Hall–Kier alpha value is -2.39. The lowest BCUT2D eigenvalue weighted by Crippen LogP contribution is -2.32. The predicted octanol–water partition coefficient (Wildman–Crippen LogP) is 4.15. The smallest absolute Gasteiger partial charge is 0.295 e. The molecule has 1 unspecified atom stereocenters. The highest BCUT2D eigenvalue weighted by Crippen LogP contribution is 2.39. The normalized spacial score (nSPS) is 18.1. The number of hydrogen-bond acceptors (Lipinski definition) is 5. The highest BCUT2D eigenvalue weighted by atomic mass is 127. The van der Waals surface area contributed by atoms with Crippen LogP contribution in [0.5, 0.6) is 5.75 Å². The van der Waals surface area contributed by atoms with Crippen LogP contribution in [0.4, 0.5) is 0 Å². The predicted molar refractivity (Wildman–Crippen MR) is 122 cm³/mol. The Labute approximate surface area is 189 Å². The van der Waals surface area contributed by atoms with Gasteiger partial charge in [-0.3, -0.25) is 9.59 Å². The third-order valence-electron chi connectivity index (χ3n) is 4.84. The molecule has 0 bridgehead atoms. The Bertz CT molecular complexity index is 954. The van der Waals surface area contributed by atoms with Crippen LogP contribution < -0.4 is 4.74 Å².